The van der Waals surface area contributed by atoms with E-state index in [4.69, 9.17) is 4.74 Å². The molecule has 4 rings (SSSR count). The van der Waals surface area contributed by atoms with Crippen LogP contribution >= 0.6 is 0 Å². The number of aromatic amines is 1. The molecule has 9 heteroatoms. The van der Waals surface area contributed by atoms with Gasteiger partial charge in [-0.05, 0) is 36.2 Å². The number of halogens is 4. The summed E-state index contributed by atoms with van der Waals surface area (Å²) in [7, 11) is 1.40. The minimum atomic E-state index is -4.43. The zero-order valence-electron chi connectivity index (χ0n) is 16.6. The molecule has 0 saturated carbocycles. The third-order valence-electron chi connectivity index (χ3n) is 5.26. The normalized spacial score (nSPS) is 14.4. The summed E-state index contributed by atoms with van der Waals surface area (Å²) in [5, 5.41) is 0. The highest BCUT2D eigenvalue weighted by molar-refractivity contribution is 5.56. The second-order valence-electron chi connectivity index (χ2n) is 7.34. The summed E-state index contributed by atoms with van der Waals surface area (Å²) in [5.74, 6) is -0.0616. The van der Waals surface area contributed by atoms with E-state index in [-0.39, 0.29) is 17.1 Å². The van der Waals surface area contributed by atoms with Gasteiger partial charge in [0, 0.05) is 30.8 Å². The summed E-state index contributed by atoms with van der Waals surface area (Å²) < 4.78 is 57.3. The summed E-state index contributed by atoms with van der Waals surface area (Å²) in [4.78, 5) is 21.7. The molecule has 0 aliphatic carbocycles. The topological polar surface area (TPSA) is 58.2 Å². The molecule has 162 valence electrons. The molecule has 0 fully saturated rings. The summed E-state index contributed by atoms with van der Waals surface area (Å²) in [6, 6.07) is 9.23. The highest BCUT2D eigenvalue weighted by Gasteiger charge is 2.30. The number of benzene rings is 2. The van der Waals surface area contributed by atoms with E-state index in [2.05, 4.69) is 9.97 Å². The number of methoxy groups -OCH3 is 1. The van der Waals surface area contributed by atoms with Gasteiger partial charge < -0.3 is 9.72 Å². The van der Waals surface area contributed by atoms with Crippen LogP contribution in [0.1, 0.15) is 22.4 Å². The van der Waals surface area contributed by atoms with Crippen molar-refractivity contribution in [2.75, 3.05) is 13.7 Å². The second-order valence-corrected chi connectivity index (χ2v) is 7.34. The van der Waals surface area contributed by atoms with Crippen LogP contribution in [-0.2, 0) is 25.7 Å². The van der Waals surface area contributed by atoms with Crippen molar-refractivity contribution in [1.82, 2.24) is 14.9 Å². The van der Waals surface area contributed by atoms with Crippen molar-refractivity contribution >= 4 is 0 Å². The molecule has 1 aromatic heterocycles. The van der Waals surface area contributed by atoms with Gasteiger partial charge in [0.15, 0.2) is 11.6 Å². The molecule has 1 N–H and O–H groups in total. The van der Waals surface area contributed by atoms with Crippen LogP contribution in [0.15, 0.2) is 47.3 Å². The first-order valence-electron chi connectivity index (χ1n) is 9.59. The van der Waals surface area contributed by atoms with E-state index in [1.807, 2.05) is 4.90 Å². The monoisotopic (exact) mass is 433 g/mol. The highest BCUT2D eigenvalue weighted by atomic mass is 19.4. The standard InChI is InChI=1S/C22H19F4N3O2/c1-31-19-7-2-13(10-17(19)23)11-29-9-8-16-18(12-29)27-20(28-21(16)30)14-3-5-15(6-4-14)22(24,25)26/h2-7,10H,8-9,11-12H2,1H3,(H,27,28,30). The van der Waals surface area contributed by atoms with Gasteiger partial charge in [-0.25, -0.2) is 9.37 Å². The molecular weight excluding hydrogens is 414 g/mol. The SMILES string of the molecule is COc1ccc(CN2CCc3c(nc(-c4ccc(C(F)(F)F)cc4)[nH]c3=O)C2)cc1F. The lowest BCUT2D eigenvalue weighted by molar-refractivity contribution is -0.137. The predicted octanol–water partition coefficient (Wildman–Crippen LogP) is 4.16. The molecule has 2 heterocycles. The van der Waals surface area contributed by atoms with Crippen molar-refractivity contribution in [3.8, 4) is 17.1 Å². The largest absolute Gasteiger partial charge is 0.494 e. The fourth-order valence-electron chi connectivity index (χ4n) is 3.65. The Morgan fingerprint density at radius 2 is 1.90 bits per heavy atom. The first-order valence-corrected chi connectivity index (χ1v) is 9.59. The van der Waals surface area contributed by atoms with Crippen LogP contribution < -0.4 is 10.3 Å². The Hall–Kier alpha value is -3.20. The lowest BCUT2D eigenvalue weighted by Crippen LogP contribution is -2.35. The van der Waals surface area contributed by atoms with Crippen LogP contribution in [-0.4, -0.2) is 28.5 Å². The Bertz CT molecular complexity index is 1160. The first kappa shape index (κ1) is 21.0. The third kappa shape index (κ3) is 4.46. The van der Waals surface area contributed by atoms with Gasteiger partial charge in [0.2, 0.25) is 0 Å². The van der Waals surface area contributed by atoms with Crippen LogP contribution in [0.4, 0.5) is 17.6 Å². The van der Waals surface area contributed by atoms with E-state index in [9.17, 15) is 22.4 Å². The minimum absolute atomic E-state index is 0.169. The van der Waals surface area contributed by atoms with E-state index in [1.165, 1.54) is 25.3 Å². The molecule has 0 spiro atoms. The van der Waals surface area contributed by atoms with Gasteiger partial charge in [0.1, 0.15) is 5.82 Å². The Kier molecular flexibility index (Phi) is 5.53. The Balaban J connectivity index is 1.57. The molecule has 5 nitrogen and oxygen atoms in total. The number of hydrogen-bond acceptors (Lipinski definition) is 4. The average molecular weight is 433 g/mol. The Labute approximate surface area is 175 Å². The summed E-state index contributed by atoms with van der Waals surface area (Å²) in [6.07, 6.45) is -3.96. The van der Waals surface area contributed by atoms with Crippen molar-refractivity contribution in [2.45, 2.75) is 25.7 Å². The maximum atomic E-state index is 14.0. The van der Waals surface area contributed by atoms with E-state index in [0.29, 0.717) is 42.9 Å². The van der Waals surface area contributed by atoms with Crippen molar-refractivity contribution in [3.63, 3.8) is 0 Å². The van der Waals surface area contributed by atoms with E-state index in [1.54, 1.807) is 12.1 Å². The fourth-order valence-corrected chi connectivity index (χ4v) is 3.65. The van der Waals surface area contributed by atoms with Crippen LogP contribution in [0.25, 0.3) is 11.4 Å². The lowest BCUT2D eigenvalue weighted by Gasteiger charge is -2.27. The molecule has 1 aliphatic rings. The maximum Gasteiger partial charge on any atom is 0.416 e. The molecule has 0 radical (unpaired) electrons. The fraction of sp³-hybridized carbons (Fsp3) is 0.273. The van der Waals surface area contributed by atoms with Gasteiger partial charge in [-0.1, -0.05) is 18.2 Å². The van der Waals surface area contributed by atoms with Gasteiger partial charge >= 0.3 is 6.18 Å². The second kappa shape index (κ2) is 8.14. The zero-order chi connectivity index (χ0) is 22.2. The lowest BCUT2D eigenvalue weighted by atomic mass is 10.0. The Morgan fingerprint density at radius 1 is 1.16 bits per heavy atom. The van der Waals surface area contributed by atoms with Crippen molar-refractivity contribution in [3.05, 3.63) is 81.0 Å². The number of aromatic nitrogens is 2. The van der Waals surface area contributed by atoms with Crippen LogP contribution in [0.2, 0.25) is 0 Å². The van der Waals surface area contributed by atoms with Gasteiger partial charge in [-0.15, -0.1) is 0 Å². The Morgan fingerprint density at radius 3 is 2.55 bits per heavy atom. The van der Waals surface area contributed by atoms with Gasteiger partial charge in [0.05, 0.1) is 18.4 Å². The molecule has 0 saturated heterocycles. The number of fused-ring (bicyclic) bond motifs is 1. The number of alkyl halides is 3. The molecule has 0 unspecified atom stereocenters. The summed E-state index contributed by atoms with van der Waals surface area (Å²) >= 11 is 0. The minimum Gasteiger partial charge on any atom is -0.494 e. The number of nitrogens with one attached hydrogen (secondary N) is 1. The molecule has 0 atom stereocenters. The van der Waals surface area contributed by atoms with E-state index < -0.39 is 17.6 Å². The average Bonchev–Trinajstić information content (AvgIpc) is 2.73. The van der Waals surface area contributed by atoms with Crippen molar-refractivity contribution in [2.24, 2.45) is 0 Å². The van der Waals surface area contributed by atoms with Gasteiger partial charge in [-0.2, -0.15) is 13.2 Å². The number of ether oxygens (including phenoxy) is 1. The van der Waals surface area contributed by atoms with Crippen molar-refractivity contribution in [1.29, 1.82) is 0 Å². The first-order chi connectivity index (χ1) is 14.7. The number of hydrogen-bond donors (Lipinski definition) is 1. The molecule has 0 bridgehead atoms. The van der Waals surface area contributed by atoms with Crippen LogP contribution in [0.3, 0.4) is 0 Å². The number of rotatable bonds is 4. The van der Waals surface area contributed by atoms with Gasteiger partial charge in [-0.3, -0.25) is 9.69 Å². The molecule has 0 amide bonds. The smallest absolute Gasteiger partial charge is 0.416 e. The maximum absolute atomic E-state index is 14.0. The zero-order valence-corrected chi connectivity index (χ0v) is 16.6. The number of nitrogens with zero attached hydrogens (tertiary/aromatic N) is 2. The molecule has 3 aromatic rings. The summed E-state index contributed by atoms with van der Waals surface area (Å²) in [5.41, 5.74) is 1.22. The highest BCUT2D eigenvalue weighted by Crippen LogP contribution is 2.30. The molecule has 31 heavy (non-hydrogen) atoms. The van der Waals surface area contributed by atoms with E-state index >= 15 is 0 Å². The van der Waals surface area contributed by atoms with Gasteiger partial charge in [0.25, 0.3) is 5.56 Å². The number of H-pyrrole nitrogens is 1. The quantitative estimate of drug-likeness (QED) is 0.628. The molecule has 2 aromatic carbocycles. The molecule has 1 aliphatic heterocycles. The van der Waals surface area contributed by atoms with Crippen molar-refractivity contribution < 1.29 is 22.3 Å². The van der Waals surface area contributed by atoms with E-state index in [0.717, 1.165) is 17.7 Å². The van der Waals surface area contributed by atoms with Crippen LogP contribution in [0.5, 0.6) is 5.75 Å². The summed E-state index contributed by atoms with van der Waals surface area (Å²) in [6.45, 7) is 1.44. The molecular formula is C22H19F4N3O2. The third-order valence-corrected chi connectivity index (χ3v) is 5.26. The predicted molar refractivity (Wildman–Crippen MR) is 106 cm³/mol. The van der Waals surface area contributed by atoms with Crippen LogP contribution in [0, 0.1) is 5.82 Å².